The molecule has 1 amide bonds. The minimum absolute atomic E-state index is 0.258. The fourth-order valence-electron chi connectivity index (χ4n) is 2.06. The number of rotatable bonds is 8. The van der Waals surface area contributed by atoms with Crippen LogP contribution in [0.5, 0.6) is 0 Å². The number of hydrogen-bond donors (Lipinski definition) is 2. The highest BCUT2D eigenvalue weighted by Crippen LogP contribution is 2.11. The van der Waals surface area contributed by atoms with Gasteiger partial charge in [-0.25, -0.2) is 12.7 Å². The van der Waals surface area contributed by atoms with Crippen molar-refractivity contribution in [2.75, 3.05) is 25.9 Å². The van der Waals surface area contributed by atoms with Gasteiger partial charge < -0.3 is 11.1 Å². The summed E-state index contributed by atoms with van der Waals surface area (Å²) < 4.78 is 24.2. The highest BCUT2D eigenvalue weighted by Gasteiger charge is 2.16. The number of hydrogen-bond acceptors (Lipinski definition) is 4. The van der Waals surface area contributed by atoms with Crippen molar-refractivity contribution >= 4 is 15.9 Å². The number of carbonyl (C=O) groups excluding carboxylic acids is 1. The first-order valence-electron chi connectivity index (χ1n) is 7.30. The Balaban J connectivity index is 2.41. The molecule has 1 atom stereocenters. The van der Waals surface area contributed by atoms with Crippen LogP contribution in [-0.2, 0) is 14.8 Å². The molecular formula is C15H25N3O3S. The zero-order valence-corrected chi connectivity index (χ0v) is 14.2. The van der Waals surface area contributed by atoms with Crippen molar-refractivity contribution < 1.29 is 13.2 Å². The number of nitrogens with zero attached hydrogens (tertiary/aromatic N) is 1. The van der Waals surface area contributed by atoms with E-state index in [4.69, 9.17) is 5.73 Å². The van der Waals surface area contributed by atoms with Gasteiger partial charge in [0.1, 0.15) is 6.04 Å². The van der Waals surface area contributed by atoms with Gasteiger partial charge in [-0.1, -0.05) is 36.8 Å². The van der Waals surface area contributed by atoms with E-state index in [1.807, 2.05) is 31.2 Å². The molecule has 1 rings (SSSR count). The average Bonchev–Trinajstić information content (AvgIpc) is 2.45. The molecule has 3 N–H and O–H groups in total. The lowest BCUT2D eigenvalue weighted by Gasteiger charge is -2.18. The van der Waals surface area contributed by atoms with Gasteiger partial charge in [0, 0.05) is 19.6 Å². The number of benzene rings is 1. The molecule has 0 fully saturated rings. The van der Waals surface area contributed by atoms with E-state index in [9.17, 15) is 13.2 Å². The minimum atomic E-state index is -3.18. The molecule has 0 saturated carbocycles. The molecule has 0 heterocycles. The van der Waals surface area contributed by atoms with Crippen molar-refractivity contribution in [1.29, 1.82) is 0 Å². The number of amides is 1. The molecule has 0 aliphatic carbocycles. The minimum Gasteiger partial charge on any atom is -0.354 e. The standard InChI is InChI=1S/C15H25N3O3S/c1-4-18(22(3,20)21)11-5-10-17-15(19)14(16)13-8-6-12(2)7-9-13/h6-9,14H,4-5,10-11,16H2,1-3H3,(H,17,19). The quantitative estimate of drug-likeness (QED) is 0.690. The average molecular weight is 327 g/mol. The van der Waals surface area contributed by atoms with Crippen molar-refractivity contribution in [3.63, 3.8) is 0 Å². The molecule has 1 unspecified atom stereocenters. The Morgan fingerprint density at radius 1 is 1.32 bits per heavy atom. The molecule has 1 aromatic carbocycles. The van der Waals surface area contributed by atoms with E-state index in [0.717, 1.165) is 11.1 Å². The van der Waals surface area contributed by atoms with Gasteiger partial charge in [-0.15, -0.1) is 0 Å². The van der Waals surface area contributed by atoms with Gasteiger partial charge in [-0.05, 0) is 18.9 Å². The van der Waals surface area contributed by atoms with Crippen LogP contribution < -0.4 is 11.1 Å². The van der Waals surface area contributed by atoms with Crippen LogP contribution in [0.4, 0.5) is 0 Å². The lowest BCUT2D eigenvalue weighted by molar-refractivity contribution is -0.122. The van der Waals surface area contributed by atoms with Crippen LogP contribution >= 0.6 is 0 Å². The molecule has 124 valence electrons. The van der Waals surface area contributed by atoms with Gasteiger partial charge in [-0.3, -0.25) is 4.79 Å². The van der Waals surface area contributed by atoms with Crippen molar-refractivity contribution in [3.8, 4) is 0 Å². The molecular weight excluding hydrogens is 302 g/mol. The van der Waals surface area contributed by atoms with Gasteiger partial charge in [-0.2, -0.15) is 0 Å². The van der Waals surface area contributed by atoms with Crippen molar-refractivity contribution in [3.05, 3.63) is 35.4 Å². The van der Waals surface area contributed by atoms with Crippen LogP contribution in [0.3, 0.4) is 0 Å². The first-order chi connectivity index (χ1) is 10.3. The smallest absolute Gasteiger partial charge is 0.241 e. The van der Waals surface area contributed by atoms with E-state index in [1.54, 1.807) is 6.92 Å². The van der Waals surface area contributed by atoms with E-state index < -0.39 is 16.1 Å². The Morgan fingerprint density at radius 3 is 2.41 bits per heavy atom. The number of aryl methyl sites for hydroxylation is 1. The van der Waals surface area contributed by atoms with Crippen molar-refractivity contribution in [2.45, 2.75) is 26.3 Å². The van der Waals surface area contributed by atoms with Crippen LogP contribution in [0.15, 0.2) is 24.3 Å². The summed E-state index contributed by atoms with van der Waals surface area (Å²) in [6.45, 7) is 4.96. The van der Waals surface area contributed by atoms with E-state index >= 15 is 0 Å². The zero-order chi connectivity index (χ0) is 16.8. The second-order valence-corrected chi connectivity index (χ2v) is 7.27. The lowest BCUT2D eigenvalue weighted by atomic mass is 10.1. The fraction of sp³-hybridized carbons (Fsp3) is 0.533. The normalized spacial score (nSPS) is 13.1. The molecule has 0 saturated heterocycles. The Hall–Kier alpha value is -1.44. The molecule has 6 nitrogen and oxygen atoms in total. The largest absolute Gasteiger partial charge is 0.354 e. The second-order valence-electron chi connectivity index (χ2n) is 5.29. The highest BCUT2D eigenvalue weighted by atomic mass is 32.2. The van der Waals surface area contributed by atoms with E-state index in [-0.39, 0.29) is 5.91 Å². The summed E-state index contributed by atoms with van der Waals surface area (Å²) in [5, 5.41) is 2.74. The van der Waals surface area contributed by atoms with Gasteiger partial charge >= 0.3 is 0 Å². The fourth-order valence-corrected chi connectivity index (χ4v) is 2.99. The number of nitrogens with one attached hydrogen (secondary N) is 1. The van der Waals surface area contributed by atoms with Gasteiger partial charge in [0.05, 0.1) is 6.26 Å². The molecule has 0 aliphatic heterocycles. The van der Waals surface area contributed by atoms with Gasteiger partial charge in [0.15, 0.2) is 0 Å². The summed E-state index contributed by atoms with van der Waals surface area (Å²) in [7, 11) is -3.18. The van der Waals surface area contributed by atoms with E-state index in [2.05, 4.69) is 5.32 Å². The number of sulfonamides is 1. The SMILES string of the molecule is CCN(CCCNC(=O)C(N)c1ccc(C)cc1)S(C)(=O)=O. The maximum Gasteiger partial charge on any atom is 0.241 e. The van der Waals surface area contributed by atoms with E-state index in [1.165, 1.54) is 10.6 Å². The molecule has 7 heteroatoms. The summed E-state index contributed by atoms with van der Waals surface area (Å²) in [5.74, 6) is -0.258. The molecule has 22 heavy (non-hydrogen) atoms. The van der Waals surface area contributed by atoms with Crippen LogP contribution in [0, 0.1) is 6.92 Å². The van der Waals surface area contributed by atoms with Crippen LogP contribution in [0.1, 0.15) is 30.5 Å². The molecule has 0 bridgehead atoms. The monoisotopic (exact) mass is 327 g/mol. The Bertz CT molecular complexity index is 585. The first kappa shape index (κ1) is 18.6. The summed E-state index contributed by atoms with van der Waals surface area (Å²) in [4.78, 5) is 12.0. The summed E-state index contributed by atoms with van der Waals surface area (Å²) >= 11 is 0. The number of nitrogens with two attached hydrogens (primary N) is 1. The number of carbonyl (C=O) groups is 1. The Morgan fingerprint density at radius 2 is 1.91 bits per heavy atom. The van der Waals surface area contributed by atoms with Crippen molar-refractivity contribution in [2.24, 2.45) is 5.73 Å². The molecule has 1 aromatic rings. The molecule has 0 aromatic heterocycles. The highest BCUT2D eigenvalue weighted by molar-refractivity contribution is 7.88. The van der Waals surface area contributed by atoms with Crippen LogP contribution in [-0.4, -0.2) is 44.5 Å². The maximum absolute atomic E-state index is 12.0. The Labute approximate surface area is 132 Å². The maximum atomic E-state index is 12.0. The molecule has 0 spiro atoms. The Kier molecular flexibility index (Phi) is 6.99. The van der Waals surface area contributed by atoms with E-state index in [0.29, 0.717) is 26.1 Å². The third-order valence-electron chi connectivity index (χ3n) is 3.42. The lowest BCUT2D eigenvalue weighted by Crippen LogP contribution is -2.37. The predicted octanol–water partition coefficient (Wildman–Crippen LogP) is 0.783. The molecule has 0 radical (unpaired) electrons. The van der Waals surface area contributed by atoms with Crippen molar-refractivity contribution in [1.82, 2.24) is 9.62 Å². The molecule has 0 aliphatic rings. The second kappa shape index (κ2) is 8.26. The first-order valence-corrected chi connectivity index (χ1v) is 9.15. The van der Waals surface area contributed by atoms with Crippen LogP contribution in [0.25, 0.3) is 0 Å². The van der Waals surface area contributed by atoms with Gasteiger partial charge in [0.25, 0.3) is 0 Å². The summed E-state index contributed by atoms with van der Waals surface area (Å²) in [6.07, 6.45) is 1.73. The zero-order valence-electron chi connectivity index (χ0n) is 13.4. The van der Waals surface area contributed by atoms with Gasteiger partial charge in [0.2, 0.25) is 15.9 Å². The summed E-state index contributed by atoms with van der Waals surface area (Å²) in [5.41, 5.74) is 7.77. The topological polar surface area (TPSA) is 92.5 Å². The predicted molar refractivity (Wildman–Crippen MR) is 87.8 cm³/mol. The summed E-state index contributed by atoms with van der Waals surface area (Å²) in [6, 6.07) is 6.78. The third-order valence-corrected chi connectivity index (χ3v) is 4.80. The third kappa shape index (κ3) is 5.75. The van der Waals surface area contributed by atoms with Crippen LogP contribution in [0.2, 0.25) is 0 Å².